The van der Waals surface area contributed by atoms with E-state index in [2.05, 4.69) is 0 Å². The lowest BCUT2D eigenvalue weighted by Crippen LogP contribution is -2.82. The molecular formula is C30H38O11. The van der Waals surface area contributed by atoms with Crippen LogP contribution in [0.3, 0.4) is 0 Å². The van der Waals surface area contributed by atoms with E-state index in [1.807, 2.05) is 19.9 Å². The smallest absolute Gasteiger partial charge is 0.303 e. The van der Waals surface area contributed by atoms with Gasteiger partial charge >= 0.3 is 11.9 Å². The van der Waals surface area contributed by atoms with Gasteiger partial charge in [-0.25, -0.2) is 0 Å². The molecule has 6 fully saturated rings. The van der Waals surface area contributed by atoms with Crippen molar-refractivity contribution < 1.29 is 53.1 Å². The summed E-state index contributed by atoms with van der Waals surface area (Å²) >= 11 is 0. The largest absolute Gasteiger partial charge is 0.472 e. The number of carbonyl (C=O) groups is 3. The first-order chi connectivity index (χ1) is 19.2. The number of ether oxygens (including phenoxy) is 4. The molecule has 2 saturated heterocycles. The molecule has 4 aliphatic carbocycles. The maximum atomic E-state index is 15.0. The number of esters is 2. The van der Waals surface area contributed by atoms with Crippen LogP contribution in [0.1, 0.15) is 65.4 Å². The van der Waals surface area contributed by atoms with E-state index >= 15 is 4.79 Å². The Kier molecular flexibility index (Phi) is 5.50. The zero-order valence-corrected chi connectivity index (χ0v) is 23.9. The van der Waals surface area contributed by atoms with Crippen molar-refractivity contribution in [2.24, 2.45) is 33.5 Å². The summed E-state index contributed by atoms with van der Waals surface area (Å²) < 4.78 is 29.5. The lowest BCUT2D eigenvalue weighted by Gasteiger charge is -2.73. The van der Waals surface area contributed by atoms with Crippen LogP contribution in [0.2, 0.25) is 0 Å². The van der Waals surface area contributed by atoms with Crippen molar-refractivity contribution in [1.29, 1.82) is 0 Å². The third-order valence-electron chi connectivity index (χ3n) is 12.6. The molecule has 224 valence electrons. The highest BCUT2D eigenvalue weighted by molar-refractivity contribution is 5.93. The summed E-state index contributed by atoms with van der Waals surface area (Å²) in [6.07, 6.45) is -2.27. The maximum Gasteiger partial charge on any atom is 0.303 e. The molecule has 0 amide bonds. The van der Waals surface area contributed by atoms with E-state index < -0.39 is 87.5 Å². The molecule has 14 atom stereocenters. The van der Waals surface area contributed by atoms with Crippen molar-refractivity contribution in [3.05, 3.63) is 24.2 Å². The van der Waals surface area contributed by atoms with Crippen LogP contribution in [0.5, 0.6) is 0 Å². The Balaban J connectivity index is 1.44. The second kappa shape index (κ2) is 8.19. The molecule has 1 spiro atoms. The number of Topliss-reactive ketones (excluding diaryl/α,β-unsaturated/α-hetero) is 1. The van der Waals surface area contributed by atoms with Gasteiger partial charge in [-0.05, 0) is 30.4 Å². The minimum Gasteiger partial charge on any atom is -0.472 e. The predicted molar refractivity (Wildman–Crippen MR) is 137 cm³/mol. The van der Waals surface area contributed by atoms with Crippen molar-refractivity contribution in [1.82, 2.24) is 0 Å². The molecule has 1 aromatic heterocycles. The van der Waals surface area contributed by atoms with Crippen molar-refractivity contribution in [2.45, 2.75) is 102 Å². The molecule has 41 heavy (non-hydrogen) atoms. The number of carbonyl (C=O) groups excluding carboxylic acids is 3. The predicted octanol–water partition coefficient (Wildman–Crippen LogP) is 1.47. The van der Waals surface area contributed by atoms with Crippen LogP contribution < -0.4 is 0 Å². The molecule has 7 rings (SSSR count). The summed E-state index contributed by atoms with van der Waals surface area (Å²) in [5.41, 5.74) is -4.93. The molecule has 2 aliphatic heterocycles. The van der Waals surface area contributed by atoms with Gasteiger partial charge in [-0.2, -0.15) is 0 Å². The second-order valence-corrected chi connectivity index (χ2v) is 13.9. The van der Waals surface area contributed by atoms with Crippen molar-refractivity contribution in [3.63, 3.8) is 0 Å². The Bertz CT molecular complexity index is 1310. The molecule has 0 radical (unpaired) electrons. The van der Waals surface area contributed by atoms with E-state index in [1.165, 1.54) is 13.8 Å². The zero-order valence-electron chi connectivity index (χ0n) is 23.9. The van der Waals surface area contributed by atoms with Crippen LogP contribution in [0.4, 0.5) is 0 Å². The summed E-state index contributed by atoms with van der Waals surface area (Å²) in [6.45, 7) is 7.85. The molecule has 11 heteroatoms. The summed E-state index contributed by atoms with van der Waals surface area (Å²) in [4.78, 5) is 39.7. The fraction of sp³-hybridized carbons (Fsp3) is 0.767. The molecule has 4 saturated carbocycles. The number of aliphatic hydroxyl groups is 3. The van der Waals surface area contributed by atoms with Crippen LogP contribution in [-0.4, -0.2) is 82.1 Å². The van der Waals surface area contributed by atoms with Crippen LogP contribution >= 0.6 is 0 Å². The third-order valence-corrected chi connectivity index (χ3v) is 12.6. The number of fused-ring (bicyclic) bond motifs is 1. The van der Waals surface area contributed by atoms with Gasteiger partial charge in [-0.3, -0.25) is 14.4 Å². The first-order valence-electron chi connectivity index (χ1n) is 14.5. The van der Waals surface area contributed by atoms with Gasteiger partial charge in [0.2, 0.25) is 0 Å². The molecule has 0 aromatic carbocycles. The number of epoxide rings is 1. The van der Waals surface area contributed by atoms with Gasteiger partial charge in [-0.1, -0.05) is 20.8 Å². The average molecular weight is 575 g/mol. The fourth-order valence-electron chi connectivity index (χ4n) is 11.0. The highest BCUT2D eigenvalue weighted by atomic mass is 16.6. The summed E-state index contributed by atoms with van der Waals surface area (Å²) in [5.74, 6) is -3.56. The second-order valence-electron chi connectivity index (χ2n) is 13.9. The van der Waals surface area contributed by atoms with E-state index in [9.17, 15) is 24.9 Å². The van der Waals surface area contributed by atoms with Gasteiger partial charge < -0.3 is 38.7 Å². The van der Waals surface area contributed by atoms with E-state index in [-0.39, 0.29) is 31.5 Å². The van der Waals surface area contributed by atoms with Crippen LogP contribution in [0.25, 0.3) is 0 Å². The number of ketones is 1. The minimum atomic E-state index is -1.36. The first kappa shape index (κ1) is 27.5. The molecule has 1 aromatic rings. The number of hydrogen-bond acceptors (Lipinski definition) is 11. The van der Waals surface area contributed by atoms with Crippen LogP contribution in [0.15, 0.2) is 23.0 Å². The van der Waals surface area contributed by atoms with Gasteiger partial charge in [0.05, 0.1) is 48.3 Å². The third kappa shape index (κ3) is 2.85. The lowest BCUT2D eigenvalue weighted by atomic mass is 9.33. The van der Waals surface area contributed by atoms with E-state index in [4.69, 9.17) is 23.4 Å². The Morgan fingerprint density at radius 3 is 2.32 bits per heavy atom. The van der Waals surface area contributed by atoms with E-state index in [1.54, 1.807) is 19.5 Å². The van der Waals surface area contributed by atoms with Gasteiger partial charge in [0.1, 0.15) is 11.7 Å². The standard InChI is InChI=1S/C30H38O11/c1-13(31)39-20-10-19(34)29-12-38-25(36)26(20,3)17(29)9-18(33)28(5)23(29)22(35)24(40-14(2)32)27(4)16(15-6-7-37-11-15)8-21-30(27,28)41-21/h6-7,11,16-21,23-25,33-34,36H,8-10,12H2,1-5H3/t16-,17-,18-,19+,20+,21+,23+,24-,25+,26+,27+,28-,29+,30+/m0/s1. The molecule has 6 aliphatic rings. The normalized spacial score (nSPS) is 54.7. The van der Waals surface area contributed by atoms with Crippen LogP contribution in [0, 0.1) is 33.5 Å². The Morgan fingerprint density at radius 1 is 0.976 bits per heavy atom. The molecule has 0 unspecified atom stereocenters. The molecule has 11 nitrogen and oxygen atoms in total. The van der Waals surface area contributed by atoms with Gasteiger partial charge in [-0.15, -0.1) is 0 Å². The maximum absolute atomic E-state index is 15.0. The lowest BCUT2D eigenvalue weighted by molar-refractivity contribution is -0.373. The molecule has 3 N–H and O–H groups in total. The Morgan fingerprint density at radius 2 is 1.68 bits per heavy atom. The van der Waals surface area contributed by atoms with Crippen molar-refractivity contribution >= 4 is 17.7 Å². The summed E-state index contributed by atoms with van der Waals surface area (Å²) in [6, 6.07) is 1.84. The summed E-state index contributed by atoms with van der Waals surface area (Å²) in [7, 11) is 0. The van der Waals surface area contributed by atoms with Gasteiger partial charge in [0.25, 0.3) is 0 Å². The van der Waals surface area contributed by atoms with E-state index in [0.717, 1.165) is 5.56 Å². The summed E-state index contributed by atoms with van der Waals surface area (Å²) in [5, 5.41) is 35.4. The SMILES string of the molecule is CC(=O)O[C@@H]1C[C@@H](O)[C@@]23CO[C@@H](O)[C@]1(C)[C@@H]2C[C@H](O)[C@@]1(C)[C@H]3C(=O)[C@H](OC(C)=O)[C@@]2(C)[C@H](c3ccoc3)C[C@H]3O[C@]321. The molecular weight excluding hydrogens is 536 g/mol. The van der Waals surface area contributed by atoms with Crippen molar-refractivity contribution in [2.75, 3.05) is 6.61 Å². The quantitative estimate of drug-likeness (QED) is 0.354. The average Bonchev–Trinajstić information content (AvgIpc) is 3.26. The van der Waals surface area contributed by atoms with Crippen molar-refractivity contribution in [3.8, 4) is 0 Å². The Labute approximate surface area is 237 Å². The van der Waals surface area contributed by atoms with E-state index in [0.29, 0.717) is 6.42 Å². The topological polar surface area (TPSA) is 165 Å². The highest BCUT2D eigenvalue weighted by Gasteiger charge is 2.92. The number of furan rings is 1. The monoisotopic (exact) mass is 574 g/mol. The Hall–Kier alpha value is -2.31. The first-order valence-corrected chi connectivity index (χ1v) is 14.5. The molecule has 2 bridgehead atoms. The number of aliphatic hydroxyl groups excluding tert-OH is 3. The number of rotatable bonds is 3. The highest BCUT2D eigenvalue weighted by Crippen LogP contribution is 2.82. The minimum absolute atomic E-state index is 0.0205. The fourth-order valence-corrected chi connectivity index (χ4v) is 11.0. The van der Waals surface area contributed by atoms with Gasteiger partial charge in [0, 0.05) is 42.9 Å². The zero-order chi connectivity index (χ0) is 29.5. The molecule has 3 heterocycles. The van der Waals surface area contributed by atoms with Gasteiger partial charge in [0.15, 0.2) is 18.2 Å². The number of hydrogen-bond donors (Lipinski definition) is 3. The van der Waals surface area contributed by atoms with Crippen LogP contribution in [-0.2, 0) is 33.3 Å².